The van der Waals surface area contributed by atoms with Gasteiger partial charge >= 0.3 is 5.97 Å². The van der Waals surface area contributed by atoms with E-state index in [2.05, 4.69) is 57.3 Å². The Hall–Kier alpha value is -3.40. The molecule has 0 radical (unpaired) electrons. The zero-order valence-electron chi connectivity index (χ0n) is 23.2. The summed E-state index contributed by atoms with van der Waals surface area (Å²) in [6.07, 6.45) is 6.05. The van der Waals surface area contributed by atoms with E-state index in [1.165, 1.54) is 19.1 Å². The molecule has 0 spiro atoms. The van der Waals surface area contributed by atoms with E-state index in [4.69, 9.17) is 14.5 Å². The minimum Gasteiger partial charge on any atom is -0.489 e. The number of carbonyl (C=O) groups excluding carboxylic acids is 1. The Bertz CT molecular complexity index is 1170. The Morgan fingerprint density at radius 3 is 2.26 bits per heavy atom. The summed E-state index contributed by atoms with van der Waals surface area (Å²) in [5, 5.41) is 0. The SMILES string of the molecule is COC(=O)[C@@H](Cc1ccc(OCc2ccccc2)cc1)N=C[C@@H]1C[C@H](C)CC[C@H]1C(C)(C)c1ccccc1. The van der Waals surface area contributed by atoms with Gasteiger partial charge in [0.2, 0.25) is 0 Å². The lowest BCUT2D eigenvalue weighted by Gasteiger charge is -2.43. The van der Waals surface area contributed by atoms with E-state index in [0.29, 0.717) is 30.8 Å². The molecule has 38 heavy (non-hydrogen) atoms. The highest BCUT2D eigenvalue weighted by Gasteiger charge is 2.39. The monoisotopic (exact) mass is 511 g/mol. The molecule has 1 aliphatic rings. The van der Waals surface area contributed by atoms with E-state index >= 15 is 0 Å². The number of rotatable bonds is 10. The van der Waals surface area contributed by atoms with Gasteiger partial charge < -0.3 is 9.47 Å². The molecule has 1 saturated carbocycles. The maximum Gasteiger partial charge on any atom is 0.330 e. The Morgan fingerprint density at radius 1 is 0.947 bits per heavy atom. The zero-order chi connectivity index (χ0) is 27.0. The van der Waals surface area contributed by atoms with Gasteiger partial charge in [-0.25, -0.2) is 4.79 Å². The van der Waals surface area contributed by atoms with Crippen LogP contribution in [0, 0.1) is 17.8 Å². The third-order valence-corrected chi connectivity index (χ3v) is 8.14. The first-order valence-electron chi connectivity index (χ1n) is 13.8. The molecule has 4 nitrogen and oxygen atoms in total. The first kappa shape index (κ1) is 27.6. The van der Waals surface area contributed by atoms with Gasteiger partial charge in [-0.1, -0.05) is 100.0 Å². The molecule has 1 aliphatic carbocycles. The van der Waals surface area contributed by atoms with Gasteiger partial charge in [-0.05, 0) is 64.8 Å². The smallest absolute Gasteiger partial charge is 0.330 e. The Labute approximate surface area is 228 Å². The fourth-order valence-electron chi connectivity index (χ4n) is 5.80. The molecule has 200 valence electrons. The second-order valence-electron chi connectivity index (χ2n) is 11.2. The number of nitrogens with zero attached hydrogens (tertiary/aromatic N) is 1. The number of aliphatic imine (C=N–C) groups is 1. The molecule has 3 aromatic rings. The number of carbonyl (C=O) groups is 1. The average Bonchev–Trinajstić information content (AvgIpc) is 2.95. The molecular formula is C34H41NO3. The van der Waals surface area contributed by atoms with Gasteiger partial charge in [0.05, 0.1) is 7.11 Å². The Morgan fingerprint density at radius 2 is 1.61 bits per heavy atom. The fraction of sp³-hybridized carbons (Fsp3) is 0.412. The van der Waals surface area contributed by atoms with Crippen molar-refractivity contribution in [3.63, 3.8) is 0 Å². The fourth-order valence-corrected chi connectivity index (χ4v) is 5.80. The van der Waals surface area contributed by atoms with E-state index in [9.17, 15) is 4.79 Å². The van der Waals surface area contributed by atoms with Crippen LogP contribution < -0.4 is 4.74 Å². The van der Waals surface area contributed by atoms with Crippen LogP contribution in [0.25, 0.3) is 0 Å². The van der Waals surface area contributed by atoms with Crippen LogP contribution in [0.4, 0.5) is 0 Å². The number of hydrogen-bond donors (Lipinski definition) is 0. The summed E-state index contributed by atoms with van der Waals surface area (Å²) < 4.78 is 11.1. The van der Waals surface area contributed by atoms with E-state index in [1.807, 2.05) is 54.6 Å². The number of esters is 1. The molecule has 0 N–H and O–H groups in total. The highest BCUT2D eigenvalue weighted by atomic mass is 16.5. The van der Waals surface area contributed by atoms with Crippen molar-refractivity contribution >= 4 is 12.2 Å². The molecule has 0 bridgehead atoms. The minimum absolute atomic E-state index is 0.0223. The van der Waals surface area contributed by atoms with Gasteiger partial charge in [-0.15, -0.1) is 0 Å². The summed E-state index contributed by atoms with van der Waals surface area (Å²) in [4.78, 5) is 17.6. The van der Waals surface area contributed by atoms with E-state index in [1.54, 1.807) is 0 Å². The summed E-state index contributed by atoms with van der Waals surface area (Å²) in [6.45, 7) is 7.55. The van der Waals surface area contributed by atoms with E-state index < -0.39 is 6.04 Å². The minimum atomic E-state index is -0.561. The van der Waals surface area contributed by atoms with Gasteiger partial charge in [0.1, 0.15) is 12.4 Å². The van der Waals surface area contributed by atoms with Crippen LogP contribution in [-0.4, -0.2) is 25.3 Å². The molecule has 4 atom stereocenters. The van der Waals surface area contributed by atoms with Crippen molar-refractivity contribution in [3.05, 3.63) is 102 Å². The Balaban J connectivity index is 1.46. The molecule has 0 unspecified atom stereocenters. The number of ether oxygens (including phenoxy) is 2. The van der Waals surface area contributed by atoms with Crippen LogP contribution in [0.5, 0.6) is 5.75 Å². The normalized spacial score (nSPS) is 20.7. The predicted octanol–water partition coefficient (Wildman–Crippen LogP) is 7.45. The van der Waals surface area contributed by atoms with Crippen LogP contribution in [0.1, 0.15) is 56.7 Å². The molecule has 1 fully saturated rings. The lowest BCUT2D eigenvalue weighted by molar-refractivity contribution is -0.142. The summed E-state index contributed by atoms with van der Waals surface area (Å²) in [6, 6.07) is 28.3. The Kier molecular flexibility index (Phi) is 9.38. The molecule has 4 rings (SSSR count). The van der Waals surface area contributed by atoms with Crippen LogP contribution in [-0.2, 0) is 28.0 Å². The molecular weight excluding hydrogens is 470 g/mol. The van der Waals surface area contributed by atoms with Gasteiger partial charge in [-0.2, -0.15) is 0 Å². The first-order valence-corrected chi connectivity index (χ1v) is 13.8. The van der Waals surface area contributed by atoms with Gasteiger partial charge in [-0.3, -0.25) is 4.99 Å². The van der Waals surface area contributed by atoms with Crippen LogP contribution in [0.2, 0.25) is 0 Å². The molecule has 0 saturated heterocycles. The third kappa shape index (κ3) is 7.12. The van der Waals surface area contributed by atoms with Gasteiger partial charge in [0.25, 0.3) is 0 Å². The molecule has 0 aromatic heterocycles. The summed E-state index contributed by atoms with van der Waals surface area (Å²) in [5.41, 5.74) is 3.54. The van der Waals surface area contributed by atoms with Crippen molar-refractivity contribution in [2.24, 2.45) is 22.7 Å². The summed E-state index contributed by atoms with van der Waals surface area (Å²) >= 11 is 0. The predicted molar refractivity (Wildman–Crippen MR) is 155 cm³/mol. The maximum absolute atomic E-state index is 12.7. The van der Waals surface area contributed by atoms with Crippen LogP contribution in [0.15, 0.2) is 89.9 Å². The van der Waals surface area contributed by atoms with E-state index in [0.717, 1.165) is 29.7 Å². The second-order valence-corrected chi connectivity index (χ2v) is 11.2. The molecule has 0 heterocycles. The molecule has 0 aliphatic heterocycles. The summed E-state index contributed by atoms with van der Waals surface area (Å²) in [5.74, 6) is 1.93. The highest BCUT2D eigenvalue weighted by molar-refractivity contribution is 5.78. The van der Waals surface area contributed by atoms with Crippen molar-refractivity contribution in [1.29, 1.82) is 0 Å². The number of hydrogen-bond acceptors (Lipinski definition) is 4. The topological polar surface area (TPSA) is 47.9 Å². The largest absolute Gasteiger partial charge is 0.489 e. The summed E-state index contributed by atoms with van der Waals surface area (Å²) in [7, 11) is 1.44. The van der Waals surface area contributed by atoms with Crippen molar-refractivity contribution in [2.75, 3.05) is 7.11 Å². The number of benzene rings is 3. The number of methoxy groups -OCH3 is 1. The van der Waals surface area contributed by atoms with Gasteiger partial charge in [0.15, 0.2) is 6.04 Å². The standard InChI is InChI=1S/C34H41NO3/c1-25-15-20-31(34(2,3)29-13-9-6-10-14-29)28(21-25)23-35-32(33(36)37-4)22-26-16-18-30(19-17-26)38-24-27-11-7-5-8-12-27/h5-14,16-19,23,25,28,31-32H,15,20-22,24H2,1-4H3/t25-,28+,31-,32-/m1/s1. The van der Waals surface area contributed by atoms with Crippen molar-refractivity contribution < 1.29 is 14.3 Å². The highest BCUT2D eigenvalue weighted by Crippen LogP contribution is 2.45. The van der Waals surface area contributed by atoms with E-state index in [-0.39, 0.29) is 11.4 Å². The lowest BCUT2D eigenvalue weighted by Crippen LogP contribution is -2.39. The van der Waals surface area contributed by atoms with Crippen LogP contribution >= 0.6 is 0 Å². The van der Waals surface area contributed by atoms with Crippen molar-refractivity contribution in [3.8, 4) is 5.75 Å². The van der Waals surface area contributed by atoms with Crippen LogP contribution in [0.3, 0.4) is 0 Å². The molecule has 4 heteroatoms. The molecule has 3 aromatic carbocycles. The molecule has 0 amide bonds. The third-order valence-electron chi connectivity index (χ3n) is 8.14. The quantitative estimate of drug-likeness (QED) is 0.210. The van der Waals surface area contributed by atoms with Gasteiger partial charge in [0, 0.05) is 12.6 Å². The average molecular weight is 512 g/mol. The first-order chi connectivity index (χ1) is 18.4. The van der Waals surface area contributed by atoms with Crippen molar-refractivity contribution in [1.82, 2.24) is 0 Å². The maximum atomic E-state index is 12.7. The second kappa shape index (κ2) is 12.9. The van der Waals surface area contributed by atoms with Crippen molar-refractivity contribution in [2.45, 2.75) is 64.5 Å². The lowest BCUT2D eigenvalue weighted by atomic mass is 9.61. The zero-order valence-corrected chi connectivity index (χ0v) is 23.2.